The highest BCUT2D eigenvalue weighted by atomic mass is 15.2. The van der Waals surface area contributed by atoms with Crippen LogP contribution in [0.15, 0.2) is 218 Å². The summed E-state index contributed by atoms with van der Waals surface area (Å²) in [4.78, 5) is 4.96. The number of hydrogen-bond acceptors (Lipinski definition) is 2. The summed E-state index contributed by atoms with van der Waals surface area (Å²) in [5.74, 6) is 0. The Bertz CT molecular complexity index is 2420. The van der Waals surface area contributed by atoms with Gasteiger partial charge in [-0.15, -0.1) is 0 Å². The fourth-order valence-corrected chi connectivity index (χ4v) is 7.47. The Morgan fingerprint density at radius 3 is 0.981 bits per heavy atom. The highest BCUT2D eigenvalue weighted by Gasteiger charge is 2.30. The van der Waals surface area contributed by atoms with Crippen molar-refractivity contribution in [1.82, 2.24) is 0 Å². The van der Waals surface area contributed by atoms with Gasteiger partial charge in [-0.3, -0.25) is 0 Å². The fraction of sp³-hybridized carbons (Fsp3) is 0. The average molecular weight is 665 g/mol. The number of benzene rings is 9. The molecule has 0 saturated carbocycles. The number of nitrogens with zero attached hydrogens (tertiary/aromatic N) is 2. The van der Waals surface area contributed by atoms with Gasteiger partial charge < -0.3 is 9.80 Å². The minimum atomic E-state index is 1.08. The first-order chi connectivity index (χ1) is 25.8. The molecule has 0 aromatic heterocycles. The predicted octanol–water partition coefficient (Wildman–Crippen LogP) is 14.3. The van der Waals surface area contributed by atoms with Crippen LogP contribution in [0.4, 0.5) is 34.1 Å². The van der Waals surface area contributed by atoms with Crippen molar-refractivity contribution in [2.75, 3.05) is 9.80 Å². The molecule has 246 valence electrons. The second-order valence-corrected chi connectivity index (χ2v) is 12.9. The van der Waals surface area contributed by atoms with Gasteiger partial charge in [-0.2, -0.15) is 0 Å². The van der Waals surface area contributed by atoms with Crippen molar-refractivity contribution < 1.29 is 0 Å². The van der Waals surface area contributed by atoms with Crippen LogP contribution in [0, 0.1) is 0 Å². The lowest BCUT2D eigenvalue weighted by atomic mass is 9.92. The van der Waals surface area contributed by atoms with Gasteiger partial charge in [-0.25, -0.2) is 0 Å². The van der Waals surface area contributed by atoms with E-state index in [2.05, 4.69) is 228 Å². The molecular weight excluding hydrogens is 629 g/mol. The molecule has 2 heteroatoms. The molecule has 9 rings (SSSR count). The molecule has 0 unspecified atom stereocenters. The molecule has 0 atom stereocenters. The summed E-state index contributed by atoms with van der Waals surface area (Å²) in [7, 11) is 0. The maximum Gasteiger partial charge on any atom is 0.0788 e. The lowest BCUT2D eigenvalue weighted by Crippen LogP contribution is -2.19. The van der Waals surface area contributed by atoms with Crippen LogP contribution in [0.3, 0.4) is 0 Å². The molecule has 0 aliphatic rings. The molecule has 0 aliphatic heterocycles. The van der Waals surface area contributed by atoms with Crippen LogP contribution in [0.5, 0.6) is 0 Å². The number of para-hydroxylation sites is 2. The summed E-state index contributed by atoms with van der Waals surface area (Å²) in [6, 6.07) is 78.5. The van der Waals surface area contributed by atoms with Crippen LogP contribution in [-0.4, -0.2) is 0 Å². The summed E-state index contributed by atoms with van der Waals surface area (Å²) < 4.78 is 0. The average Bonchev–Trinajstić information content (AvgIpc) is 3.23. The molecule has 0 saturated heterocycles. The van der Waals surface area contributed by atoms with Gasteiger partial charge in [-0.05, 0) is 58.3 Å². The molecule has 52 heavy (non-hydrogen) atoms. The van der Waals surface area contributed by atoms with Crippen LogP contribution in [0.2, 0.25) is 0 Å². The third-order valence-electron chi connectivity index (χ3n) is 9.81. The van der Waals surface area contributed by atoms with Gasteiger partial charge in [0.05, 0.1) is 22.7 Å². The van der Waals surface area contributed by atoms with Crippen molar-refractivity contribution in [3.05, 3.63) is 218 Å². The molecular formula is C50H36N2. The molecule has 9 aromatic carbocycles. The molecule has 0 radical (unpaired) electrons. The zero-order valence-corrected chi connectivity index (χ0v) is 28.7. The van der Waals surface area contributed by atoms with Gasteiger partial charge >= 0.3 is 0 Å². The van der Waals surface area contributed by atoms with Gasteiger partial charge in [0.2, 0.25) is 0 Å². The summed E-state index contributed by atoms with van der Waals surface area (Å²) in [5.41, 5.74) is 11.1. The van der Waals surface area contributed by atoms with E-state index < -0.39 is 0 Å². The zero-order chi connectivity index (χ0) is 34.7. The van der Waals surface area contributed by atoms with E-state index >= 15 is 0 Å². The number of hydrogen-bond donors (Lipinski definition) is 0. The van der Waals surface area contributed by atoms with Crippen LogP contribution in [0.1, 0.15) is 0 Å². The van der Waals surface area contributed by atoms with E-state index in [-0.39, 0.29) is 0 Å². The van der Waals surface area contributed by atoms with E-state index in [0.717, 1.165) is 56.4 Å². The summed E-state index contributed by atoms with van der Waals surface area (Å²) in [5, 5.41) is 4.74. The molecule has 0 amide bonds. The fourth-order valence-electron chi connectivity index (χ4n) is 7.47. The van der Waals surface area contributed by atoms with Gasteiger partial charge in [0.1, 0.15) is 0 Å². The second-order valence-electron chi connectivity index (χ2n) is 12.9. The SMILES string of the molecule is c1ccc(-c2ccc(-c3ccccc3)c(N(c3ccccc3)c3cccc4ccccc34)c2N(c2ccccc2)c2cccc3ccccc23)cc1. The smallest absolute Gasteiger partial charge is 0.0788 e. The number of fused-ring (bicyclic) bond motifs is 2. The van der Waals surface area contributed by atoms with E-state index in [1.807, 2.05) is 0 Å². The third-order valence-corrected chi connectivity index (χ3v) is 9.81. The number of anilines is 6. The van der Waals surface area contributed by atoms with Gasteiger partial charge in [0, 0.05) is 33.3 Å². The molecule has 9 aromatic rings. The van der Waals surface area contributed by atoms with Crippen molar-refractivity contribution in [2.45, 2.75) is 0 Å². The van der Waals surface area contributed by atoms with Crippen molar-refractivity contribution in [3.8, 4) is 22.3 Å². The van der Waals surface area contributed by atoms with E-state index in [0.29, 0.717) is 0 Å². The summed E-state index contributed by atoms with van der Waals surface area (Å²) >= 11 is 0. The quantitative estimate of drug-likeness (QED) is 0.159. The lowest BCUT2D eigenvalue weighted by Gasteiger charge is -2.37. The van der Waals surface area contributed by atoms with Crippen LogP contribution in [0.25, 0.3) is 43.8 Å². The molecule has 0 heterocycles. The maximum absolute atomic E-state index is 2.48. The molecule has 0 aliphatic carbocycles. The minimum absolute atomic E-state index is 1.08. The highest BCUT2D eigenvalue weighted by molar-refractivity contribution is 6.11. The van der Waals surface area contributed by atoms with E-state index in [1.165, 1.54) is 21.5 Å². The van der Waals surface area contributed by atoms with E-state index in [9.17, 15) is 0 Å². The Kier molecular flexibility index (Phi) is 8.24. The van der Waals surface area contributed by atoms with Gasteiger partial charge in [-0.1, -0.05) is 182 Å². The first-order valence-corrected chi connectivity index (χ1v) is 17.8. The maximum atomic E-state index is 2.48. The second kappa shape index (κ2) is 13.8. The molecule has 0 bridgehead atoms. The Balaban J connectivity index is 1.50. The van der Waals surface area contributed by atoms with Crippen LogP contribution in [-0.2, 0) is 0 Å². The third kappa shape index (κ3) is 5.67. The molecule has 0 fully saturated rings. The highest BCUT2D eigenvalue weighted by Crippen LogP contribution is 2.55. The standard InChI is InChI=1S/C50H36N2/c1-5-19-39(20-6-1)45-35-36-46(40-21-7-2-8-22-40)50(52(42-29-11-4-12-30-42)48-34-18-26-38-24-14-16-32-44(38)48)49(45)51(41-27-9-3-10-28-41)47-33-17-25-37-23-13-15-31-43(37)47/h1-36H. The predicted molar refractivity (Wildman–Crippen MR) is 222 cm³/mol. The monoisotopic (exact) mass is 664 g/mol. The first kappa shape index (κ1) is 31.1. The van der Waals surface area contributed by atoms with E-state index in [1.54, 1.807) is 0 Å². The summed E-state index contributed by atoms with van der Waals surface area (Å²) in [6.07, 6.45) is 0. The Labute approximate surface area is 305 Å². The molecule has 0 N–H and O–H groups in total. The van der Waals surface area contributed by atoms with Gasteiger partial charge in [0.15, 0.2) is 0 Å². The molecule has 2 nitrogen and oxygen atoms in total. The van der Waals surface area contributed by atoms with Crippen LogP contribution < -0.4 is 9.80 Å². The first-order valence-electron chi connectivity index (χ1n) is 17.8. The van der Waals surface area contributed by atoms with Gasteiger partial charge in [0.25, 0.3) is 0 Å². The summed E-state index contributed by atoms with van der Waals surface area (Å²) in [6.45, 7) is 0. The Morgan fingerprint density at radius 1 is 0.250 bits per heavy atom. The topological polar surface area (TPSA) is 6.48 Å². The van der Waals surface area contributed by atoms with E-state index in [4.69, 9.17) is 0 Å². The normalized spacial score (nSPS) is 11.1. The Hall–Kier alpha value is -6.90. The lowest BCUT2D eigenvalue weighted by molar-refractivity contribution is 1.24. The van der Waals surface area contributed by atoms with Crippen molar-refractivity contribution in [3.63, 3.8) is 0 Å². The van der Waals surface area contributed by atoms with Crippen molar-refractivity contribution in [1.29, 1.82) is 0 Å². The van der Waals surface area contributed by atoms with Crippen molar-refractivity contribution in [2.24, 2.45) is 0 Å². The Morgan fingerprint density at radius 2 is 0.577 bits per heavy atom. The largest absolute Gasteiger partial charge is 0.307 e. The zero-order valence-electron chi connectivity index (χ0n) is 28.7. The van der Waals surface area contributed by atoms with Crippen LogP contribution >= 0.6 is 0 Å². The molecule has 0 spiro atoms. The minimum Gasteiger partial charge on any atom is -0.307 e. The van der Waals surface area contributed by atoms with Crippen molar-refractivity contribution >= 4 is 55.7 Å². The number of rotatable bonds is 8.